The summed E-state index contributed by atoms with van der Waals surface area (Å²) in [5.41, 5.74) is 0. The topological polar surface area (TPSA) is 46.5 Å². The number of halogens is 1. The summed E-state index contributed by atoms with van der Waals surface area (Å²) >= 11 is 6.13. The van der Waals surface area contributed by atoms with Crippen LogP contribution in [-0.2, 0) is 9.53 Å². The van der Waals surface area contributed by atoms with Crippen LogP contribution in [0.25, 0.3) is 0 Å². The molecule has 0 aromatic carbocycles. The van der Waals surface area contributed by atoms with Gasteiger partial charge >= 0.3 is 5.97 Å². The first-order valence-corrected chi connectivity index (χ1v) is 4.74. The number of hydrogen-bond acceptors (Lipinski definition) is 2. The fourth-order valence-corrected chi connectivity index (χ4v) is 1.35. The van der Waals surface area contributed by atoms with Gasteiger partial charge in [0.05, 0.1) is 11.0 Å². The Morgan fingerprint density at radius 1 is 1.64 bits per heavy atom. The van der Waals surface area contributed by atoms with Crippen molar-refractivity contribution in [1.29, 1.82) is 0 Å². The Bertz CT molecular complexity index is 281. The molecule has 1 N–H and O–H groups in total. The number of allylic oxidation sites excluding steroid dienone is 2. The van der Waals surface area contributed by atoms with Crippen LogP contribution in [-0.4, -0.2) is 28.2 Å². The smallest absolute Gasteiger partial charge is 0.332 e. The number of rotatable bonds is 3. The zero-order valence-corrected chi connectivity index (χ0v) is 8.86. The Morgan fingerprint density at radius 3 is 2.79 bits per heavy atom. The Morgan fingerprint density at radius 2 is 2.29 bits per heavy atom. The number of ether oxygens (including phenoxy) is 1. The van der Waals surface area contributed by atoms with Gasteiger partial charge in [-0.05, 0) is 13.8 Å². The average molecular weight is 217 g/mol. The van der Waals surface area contributed by atoms with Crippen LogP contribution in [0.3, 0.4) is 0 Å². The molecule has 0 aromatic rings. The highest BCUT2D eigenvalue weighted by molar-refractivity contribution is 6.25. The van der Waals surface area contributed by atoms with Crippen molar-refractivity contribution in [2.24, 2.45) is 0 Å². The van der Waals surface area contributed by atoms with E-state index in [4.69, 9.17) is 21.4 Å². The molecule has 0 fully saturated rings. The number of carboxylic acids is 1. The summed E-state index contributed by atoms with van der Waals surface area (Å²) < 4.78 is 5.30. The van der Waals surface area contributed by atoms with Crippen molar-refractivity contribution in [2.75, 3.05) is 0 Å². The van der Waals surface area contributed by atoms with Gasteiger partial charge in [0.2, 0.25) is 0 Å². The van der Waals surface area contributed by atoms with E-state index in [-0.39, 0.29) is 0 Å². The van der Waals surface area contributed by atoms with E-state index >= 15 is 0 Å². The maximum Gasteiger partial charge on any atom is 0.332 e. The second-order valence-electron chi connectivity index (χ2n) is 3.43. The van der Waals surface area contributed by atoms with Gasteiger partial charge in [-0.15, -0.1) is 11.6 Å². The quantitative estimate of drug-likeness (QED) is 0.734. The zero-order valence-electron chi connectivity index (χ0n) is 8.11. The highest BCUT2D eigenvalue weighted by atomic mass is 35.5. The minimum Gasteiger partial charge on any atom is -0.479 e. The summed E-state index contributed by atoms with van der Waals surface area (Å²) in [6, 6.07) is 0. The molecule has 0 aliphatic heterocycles. The molecule has 0 aromatic heterocycles. The second-order valence-corrected chi connectivity index (χ2v) is 4.25. The first-order valence-electron chi connectivity index (χ1n) is 4.36. The van der Waals surface area contributed by atoms with E-state index in [9.17, 15) is 4.79 Å². The standard InChI is InChI=1S/C10H13ClO3/c1-7(9(12)13)14-8-5-3-4-6-10(8,2)11/h3-8H,1-2H3,(H,12,13). The summed E-state index contributed by atoms with van der Waals surface area (Å²) in [6.07, 6.45) is 5.90. The predicted octanol–water partition coefficient (Wildman–Crippen LogP) is 1.97. The number of aliphatic carboxylic acids is 1. The molecule has 14 heavy (non-hydrogen) atoms. The van der Waals surface area contributed by atoms with E-state index in [0.29, 0.717) is 0 Å². The second kappa shape index (κ2) is 4.15. The molecule has 3 unspecified atom stereocenters. The Labute approximate surface area is 88.0 Å². The highest BCUT2D eigenvalue weighted by Gasteiger charge is 2.32. The third-order valence-corrected chi connectivity index (χ3v) is 2.42. The first-order chi connectivity index (χ1) is 6.43. The van der Waals surface area contributed by atoms with E-state index < -0.39 is 23.1 Å². The molecular formula is C10H13ClO3. The Hall–Kier alpha value is -0.800. The summed E-state index contributed by atoms with van der Waals surface area (Å²) in [4.78, 5) is 9.91. The van der Waals surface area contributed by atoms with Crippen molar-refractivity contribution in [1.82, 2.24) is 0 Å². The van der Waals surface area contributed by atoms with E-state index in [0.717, 1.165) is 0 Å². The molecule has 0 saturated carbocycles. The van der Waals surface area contributed by atoms with Gasteiger partial charge in [-0.25, -0.2) is 4.79 Å². The fourth-order valence-electron chi connectivity index (χ4n) is 1.15. The van der Waals surface area contributed by atoms with Crippen molar-refractivity contribution in [3.05, 3.63) is 24.3 Å². The van der Waals surface area contributed by atoms with Crippen LogP contribution < -0.4 is 0 Å². The predicted molar refractivity (Wildman–Crippen MR) is 54.5 cm³/mol. The molecule has 3 nitrogen and oxygen atoms in total. The molecule has 3 atom stereocenters. The molecule has 0 amide bonds. The lowest BCUT2D eigenvalue weighted by Crippen LogP contribution is -2.38. The molecular weight excluding hydrogens is 204 g/mol. The first kappa shape index (κ1) is 11.3. The number of hydrogen-bond donors (Lipinski definition) is 1. The lowest BCUT2D eigenvalue weighted by Gasteiger charge is -2.30. The average Bonchev–Trinajstić information content (AvgIpc) is 2.08. The third-order valence-electron chi connectivity index (χ3n) is 2.07. The maximum atomic E-state index is 10.6. The van der Waals surface area contributed by atoms with Crippen molar-refractivity contribution in [3.63, 3.8) is 0 Å². The minimum atomic E-state index is -0.986. The van der Waals surface area contributed by atoms with Gasteiger partial charge in [-0.3, -0.25) is 0 Å². The van der Waals surface area contributed by atoms with Crippen LogP contribution in [0.15, 0.2) is 24.3 Å². The van der Waals surface area contributed by atoms with Gasteiger partial charge in [0, 0.05) is 0 Å². The molecule has 0 radical (unpaired) electrons. The van der Waals surface area contributed by atoms with Gasteiger partial charge in [-0.2, -0.15) is 0 Å². The monoisotopic (exact) mass is 216 g/mol. The molecule has 4 heteroatoms. The van der Waals surface area contributed by atoms with E-state index in [1.165, 1.54) is 6.92 Å². The molecule has 1 rings (SSSR count). The number of alkyl halides is 1. The van der Waals surface area contributed by atoms with Crippen LogP contribution in [0.4, 0.5) is 0 Å². The lowest BCUT2D eigenvalue weighted by molar-refractivity contribution is -0.151. The molecule has 0 bridgehead atoms. The highest BCUT2D eigenvalue weighted by Crippen LogP contribution is 2.28. The van der Waals surface area contributed by atoms with Gasteiger partial charge in [0.25, 0.3) is 0 Å². The number of carboxylic acid groups (broad SMARTS) is 1. The van der Waals surface area contributed by atoms with E-state index in [1.54, 1.807) is 25.2 Å². The zero-order chi connectivity index (χ0) is 10.8. The molecule has 78 valence electrons. The van der Waals surface area contributed by atoms with Crippen LogP contribution in [0.2, 0.25) is 0 Å². The van der Waals surface area contributed by atoms with Crippen molar-refractivity contribution >= 4 is 17.6 Å². The molecule has 0 saturated heterocycles. The molecule has 0 heterocycles. The molecule has 1 aliphatic rings. The SMILES string of the molecule is CC(OC1C=CC=CC1(C)Cl)C(=O)O. The Balaban J connectivity index is 2.65. The van der Waals surface area contributed by atoms with Gasteiger partial charge in [0.15, 0.2) is 6.10 Å². The fraction of sp³-hybridized carbons (Fsp3) is 0.500. The lowest BCUT2D eigenvalue weighted by atomic mass is 9.98. The van der Waals surface area contributed by atoms with E-state index in [1.807, 2.05) is 6.08 Å². The maximum absolute atomic E-state index is 10.6. The van der Waals surface area contributed by atoms with Crippen LogP contribution in [0.1, 0.15) is 13.8 Å². The summed E-state index contributed by atoms with van der Waals surface area (Å²) in [7, 11) is 0. The van der Waals surface area contributed by atoms with E-state index in [2.05, 4.69) is 0 Å². The number of carbonyl (C=O) groups is 1. The molecule has 0 spiro atoms. The van der Waals surface area contributed by atoms with Crippen molar-refractivity contribution < 1.29 is 14.6 Å². The van der Waals surface area contributed by atoms with Crippen molar-refractivity contribution in [2.45, 2.75) is 30.9 Å². The van der Waals surface area contributed by atoms with Crippen LogP contribution in [0.5, 0.6) is 0 Å². The van der Waals surface area contributed by atoms with Gasteiger partial charge in [-0.1, -0.05) is 24.3 Å². The van der Waals surface area contributed by atoms with Gasteiger partial charge < -0.3 is 9.84 Å². The largest absolute Gasteiger partial charge is 0.479 e. The normalized spacial score (nSPS) is 32.9. The van der Waals surface area contributed by atoms with Crippen LogP contribution >= 0.6 is 11.6 Å². The minimum absolute atomic E-state index is 0.403. The van der Waals surface area contributed by atoms with Crippen LogP contribution in [0, 0.1) is 0 Å². The third kappa shape index (κ3) is 2.59. The summed E-state index contributed by atoms with van der Waals surface area (Å²) in [6.45, 7) is 3.27. The summed E-state index contributed by atoms with van der Waals surface area (Å²) in [5.74, 6) is -0.986. The summed E-state index contributed by atoms with van der Waals surface area (Å²) in [5, 5.41) is 8.67. The van der Waals surface area contributed by atoms with Gasteiger partial charge in [0.1, 0.15) is 0 Å². The van der Waals surface area contributed by atoms with Crippen molar-refractivity contribution in [3.8, 4) is 0 Å². The Kier molecular flexibility index (Phi) is 3.34. The molecule has 1 aliphatic carbocycles.